The van der Waals surface area contributed by atoms with E-state index in [1.165, 1.54) is 24.9 Å². The van der Waals surface area contributed by atoms with Gasteiger partial charge in [0.2, 0.25) is 11.8 Å². The van der Waals surface area contributed by atoms with Crippen molar-refractivity contribution in [1.29, 1.82) is 0 Å². The Kier molecular flexibility index (Phi) is 7.23. The quantitative estimate of drug-likeness (QED) is 0.677. The summed E-state index contributed by atoms with van der Waals surface area (Å²) in [5.74, 6) is -0.521. The highest BCUT2D eigenvalue weighted by atomic mass is 35.5. The van der Waals surface area contributed by atoms with Crippen molar-refractivity contribution in [2.75, 3.05) is 29.5 Å². The number of carbonyl (C=O) groups excluding carboxylic acids is 3. The van der Waals surface area contributed by atoms with Crippen molar-refractivity contribution in [3.05, 3.63) is 52.0 Å². The highest BCUT2D eigenvalue weighted by Gasteiger charge is 2.16. The third-order valence-corrected chi connectivity index (χ3v) is 4.51. The summed E-state index contributed by atoms with van der Waals surface area (Å²) in [5.41, 5.74) is 4.71. The maximum absolute atomic E-state index is 12.4. The Labute approximate surface area is 175 Å². The molecule has 0 aliphatic rings. The van der Waals surface area contributed by atoms with Gasteiger partial charge in [0.15, 0.2) is 0 Å². The first-order valence-corrected chi connectivity index (χ1v) is 9.41. The number of aryl methyl sites for hydroxylation is 3. The number of amides is 4. The minimum Gasteiger partial charge on any atom is -0.326 e. The van der Waals surface area contributed by atoms with Gasteiger partial charge >= 0.3 is 6.03 Å². The molecule has 0 aliphatic heterocycles. The van der Waals surface area contributed by atoms with Gasteiger partial charge in [-0.15, -0.1) is 0 Å². The van der Waals surface area contributed by atoms with Crippen molar-refractivity contribution in [2.45, 2.75) is 27.7 Å². The van der Waals surface area contributed by atoms with Crippen LogP contribution in [0.1, 0.15) is 23.6 Å². The molecule has 0 aliphatic carbocycles. The molecule has 8 heteroatoms. The predicted molar refractivity (Wildman–Crippen MR) is 117 cm³/mol. The van der Waals surface area contributed by atoms with Crippen molar-refractivity contribution in [2.24, 2.45) is 0 Å². The number of nitrogens with zero attached hydrogens (tertiary/aromatic N) is 1. The Morgan fingerprint density at radius 1 is 0.966 bits per heavy atom. The normalized spacial score (nSPS) is 10.3. The van der Waals surface area contributed by atoms with Crippen molar-refractivity contribution in [3.8, 4) is 0 Å². The van der Waals surface area contributed by atoms with E-state index in [4.69, 9.17) is 11.6 Å². The third kappa shape index (κ3) is 6.22. The fourth-order valence-corrected chi connectivity index (χ4v) is 3.18. The number of nitrogens with one attached hydrogen (secondary N) is 3. The van der Waals surface area contributed by atoms with Crippen LogP contribution in [-0.4, -0.2) is 36.3 Å². The fourth-order valence-electron chi connectivity index (χ4n) is 2.95. The molecule has 0 unspecified atom stereocenters. The van der Waals surface area contributed by atoms with Crippen LogP contribution in [0.3, 0.4) is 0 Å². The molecule has 0 radical (unpaired) electrons. The van der Waals surface area contributed by atoms with E-state index in [1.54, 1.807) is 12.1 Å². The molecule has 7 nitrogen and oxygen atoms in total. The number of likely N-dealkylation sites (N-methyl/N-ethyl adjacent to an activating group) is 1. The molecule has 4 amide bonds. The number of carbonyl (C=O) groups is 3. The zero-order valence-electron chi connectivity index (χ0n) is 17.1. The molecule has 0 saturated heterocycles. The summed E-state index contributed by atoms with van der Waals surface area (Å²) < 4.78 is 0. The summed E-state index contributed by atoms with van der Waals surface area (Å²) in [6, 6.07) is 8.24. The lowest BCUT2D eigenvalue weighted by Crippen LogP contribution is -2.37. The molecule has 0 saturated carbocycles. The molecule has 0 spiro atoms. The van der Waals surface area contributed by atoms with Gasteiger partial charge in [-0.3, -0.25) is 9.59 Å². The van der Waals surface area contributed by atoms with Crippen LogP contribution in [0.5, 0.6) is 0 Å². The van der Waals surface area contributed by atoms with Gasteiger partial charge in [-0.2, -0.15) is 0 Å². The van der Waals surface area contributed by atoms with E-state index in [2.05, 4.69) is 16.0 Å². The van der Waals surface area contributed by atoms with Gasteiger partial charge in [-0.05, 0) is 50.1 Å². The zero-order valence-corrected chi connectivity index (χ0v) is 17.9. The number of hydrogen-bond acceptors (Lipinski definition) is 3. The Hall–Kier alpha value is -3.06. The van der Waals surface area contributed by atoms with Crippen molar-refractivity contribution >= 4 is 46.5 Å². The zero-order chi connectivity index (χ0) is 21.7. The molecule has 154 valence electrons. The summed E-state index contributed by atoms with van der Waals surface area (Å²) in [7, 11) is 1.52. The molecular formula is C21H25ClN4O3. The van der Waals surface area contributed by atoms with Gasteiger partial charge in [-0.1, -0.05) is 29.3 Å². The van der Waals surface area contributed by atoms with Crippen LogP contribution in [0, 0.1) is 20.8 Å². The lowest BCUT2D eigenvalue weighted by molar-refractivity contribution is -0.116. The largest absolute Gasteiger partial charge is 0.326 e. The topological polar surface area (TPSA) is 90.5 Å². The Morgan fingerprint density at radius 3 is 2.14 bits per heavy atom. The second kappa shape index (κ2) is 9.43. The summed E-state index contributed by atoms with van der Waals surface area (Å²) >= 11 is 6.16. The number of halogens is 1. The van der Waals surface area contributed by atoms with Gasteiger partial charge in [0.05, 0.1) is 10.7 Å². The fraction of sp³-hybridized carbons (Fsp3) is 0.286. The molecule has 0 bridgehead atoms. The molecule has 3 N–H and O–H groups in total. The monoisotopic (exact) mass is 416 g/mol. The Balaban J connectivity index is 1.98. The van der Waals surface area contributed by atoms with E-state index in [9.17, 15) is 14.4 Å². The lowest BCUT2D eigenvalue weighted by Gasteiger charge is -2.19. The molecule has 2 rings (SSSR count). The first kappa shape index (κ1) is 22.2. The Morgan fingerprint density at radius 2 is 1.59 bits per heavy atom. The van der Waals surface area contributed by atoms with Crippen LogP contribution in [0.4, 0.5) is 21.9 Å². The van der Waals surface area contributed by atoms with E-state index in [1.807, 2.05) is 32.9 Å². The smallest absolute Gasteiger partial charge is 0.322 e. The Bertz CT molecular complexity index is 936. The van der Waals surface area contributed by atoms with Crippen LogP contribution >= 0.6 is 11.6 Å². The second-order valence-electron chi connectivity index (χ2n) is 6.98. The molecule has 0 aromatic heterocycles. The standard InChI is InChI=1S/C21H25ClN4O3/c1-12-8-13(2)20(14(3)9-12)25-19(28)11-26(5)21(29)24-18-7-6-16(10-17(18)22)23-15(4)27/h6-10H,11H2,1-5H3,(H,23,27)(H,24,29)(H,25,28). The van der Waals surface area contributed by atoms with Crippen LogP contribution < -0.4 is 16.0 Å². The molecule has 2 aromatic rings. The van der Waals surface area contributed by atoms with Crippen LogP contribution in [0.15, 0.2) is 30.3 Å². The summed E-state index contributed by atoms with van der Waals surface area (Å²) in [6.07, 6.45) is 0. The van der Waals surface area contributed by atoms with Crippen molar-refractivity contribution in [1.82, 2.24) is 4.90 Å². The summed E-state index contributed by atoms with van der Waals surface area (Å²) in [5, 5.41) is 8.40. The minimum absolute atomic E-state index is 0.125. The van der Waals surface area contributed by atoms with E-state index >= 15 is 0 Å². The van der Waals surface area contributed by atoms with Crippen molar-refractivity contribution in [3.63, 3.8) is 0 Å². The average Bonchev–Trinajstić information content (AvgIpc) is 2.59. The molecule has 0 heterocycles. The maximum atomic E-state index is 12.4. The maximum Gasteiger partial charge on any atom is 0.322 e. The van der Waals surface area contributed by atoms with E-state index in [0.29, 0.717) is 11.4 Å². The highest BCUT2D eigenvalue weighted by Crippen LogP contribution is 2.26. The van der Waals surface area contributed by atoms with E-state index < -0.39 is 6.03 Å². The number of urea groups is 1. The molecule has 2 aromatic carbocycles. The lowest BCUT2D eigenvalue weighted by atomic mass is 10.1. The number of hydrogen-bond donors (Lipinski definition) is 3. The molecule has 0 atom stereocenters. The molecule has 0 fully saturated rings. The second-order valence-corrected chi connectivity index (χ2v) is 7.39. The van der Waals surface area contributed by atoms with Crippen LogP contribution in [0.2, 0.25) is 5.02 Å². The van der Waals surface area contributed by atoms with E-state index in [-0.39, 0.29) is 23.4 Å². The van der Waals surface area contributed by atoms with Gasteiger partial charge in [0.25, 0.3) is 0 Å². The average molecular weight is 417 g/mol. The number of anilines is 3. The van der Waals surface area contributed by atoms with Crippen LogP contribution in [0.25, 0.3) is 0 Å². The highest BCUT2D eigenvalue weighted by molar-refractivity contribution is 6.34. The number of rotatable bonds is 5. The van der Waals surface area contributed by atoms with Gasteiger partial charge < -0.3 is 20.9 Å². The van der Waals surface area contributed by atoms with Crippen molar-refractivity contribution < 1.29 is 14.4 Å². The van der Waals surface area contributed by atoms with E-state index in [0.717, 1.165) is 22.4 Å². The summed E-state index contributed by atoms with van der Waals surface area (Å²) in [6.45, 7) is 7.12. The molecule has 29 heavy (non-hydrogen) atoms. The van der Waals surface area contributed by atoms with Gasteiger partial charge in [0.1, 0.15) is 6.54 Å². The summed E-state index contributed by atoms with van der Waals surface area (Å²) in [4.78, 5) is 37.1. The van der Waals surface area contributed by atoms with Crippen LogP contribution in [-0.2, 0) is 9.59 Å². The predicted octanol–water partition coefficient (Wildman–Crippen LogP) is 4.33. The first-order chi connectivity index (χ1) is 13.6. The first-order valence-electron chi connectivity index (χ1n) is 9.03. The number of benzene rings is 2. The SMILES string of the molecule is CC(=O)Nc1ccc(NC(=O)N(C)CC(=O)Nc2c(C)cc(C)cc2C)c(Cl)c1. The third-order valence-electron chi connectivity index (χ3n) is 4.20. The molecular weight excluding hydrogens is 392 g/mol. The van der Waals surface area contributed by atoms with Gasteiger partial charge in [-0.25, -0.2) is 4.79 Å². The van der Waals surface area contributed by atoms with Gasteiger partial charge in [0, 0.05) is 25.3 Å². The minimum atomic E-state index is -0.480.